The van der Waals surface area contributed by atoms with Crippen LogP contribution in [0.2, 0.25) is 5.02 Å². The summed E-state index contributed by atoms with van der Waals surface area (Å²) >= 11 is 9.25. The Morgan fingerprint density at radius 2 is 2.00 bits per heavy atom. The van der Waals surface area contributed by atoms with Crippen molar-refractivity contribution in [1.82, 2.24) is 0 Å². The van der Waals surface area contributed by atoms with Crippen LogP contribution in [0.4, 0.5) is 15.8 Å². The number of nitrogens with two attached hydrogens (primary N) is 1. The van der Waals surface area contributed by atoms with Gasteiger partial charge in [-0.3, -0.25) is 4.79 Å². The van der Waals surface area contributed by atoms with Gasteiger partial charge in [-0.1, -0.05) is 27.5 Å². The van der Waals surface area contributed by atoms with Crippen LogP contribution in [0.1, 0.15) is 10.4 Å². The molecule has 0 aliphatic heterocycles. The summed E-state index contributed by atoms with van der Waals surface area (Å²) in [5.41, 5.74) is 6.31. The topological polar surface area (TPSA) is 55.1 Å². The second-order valence-corrected chi connectivity index (χ2v) is 5.13. The van der Waals surface area contributed by atoms with E-state index in [4.69, 9.17) is 17.3 Å². The van der Waals surface area contributed by atoms with E-state index in [-0.39, 0.29) is 11.3 Å². The summed E-state index contributed by atoms with van der Waals surface area (Å²) in [4.78, 5) is 12.0. The summed E-state index contributed by atoms with van der Waals surface area (Å²) in [6, 6.07) is 8.66. The van der Waals surface area contributed by atoms with Gasteiger partial charge in [-0.15, -0.1) is 0 Å². The van der Waals surface area contributed by atoms with Gasteiger partial charge in [0.15, 0.2) is 0 Å². The van der Waals surface area contributed by atoms with Crippen molar-refractivity contribution < 1.29 is 9.18 Å². The average molecular weight is 344 g/mol. The van der Waals surface area contributed by atoms with Crippen molar-refractivity contribution >= 4 is 44.8 Å². The Balaban J connectivity index is 2.28. The molecule has 0 fully saturated rings. The monoisotopic (exact) mass is 342 g/mol. The summed E-state index contributed by atoms with van der Waals surface area (Å²) in [6.07, 6.45) is 0. The number of carbonyl (C=O) groups excluding carboxylic acids is 1. The van der Waals surface area contributed by atoms with Crippen molar-refractivity contribution in [3.8, 4) is 0 Å². The lowest BCUT2D eigenvalue weighted by Crippen LogP contribution is -2.14. The number of hydrogen-bond donors (Lipinski definition) is 2. The molecule has 6 heteroatoms. The highest BCUT2D eigenvalue weighted by Crippen LogP contribution is 2.26. The second-order valence-electron chi connectivity index (χ2n) is 3.81. The lowest BCUT2D eigenvalue weighted by atomic mass is 10.1. The Labute approximate surface area is 122 Å². The number of rotatable bonds is 2. The Morgan fingerprint density at radius 3 is 2.68 bits per heavy atom. The fraction of sp³-hybridized carbons (Fsp3) is 0. The summed E-state index contributed by atoms with van der Waals surface area (Å²) in [7, 11) is 0. The minimum atomic E-state index is -0.491. The maximum atomic E-state index is 12.9. The van der Waals surface area contributed by atoms with Gasteiger partial charge < -0.3 is 11.1 Å². The Hall–Kier alpha value is -1.59. The van der Waals surface area contributed by atoms with Crippen LogP contribution in [0.25, 0.3) is 0 Å². The number of halogens is 3. The lowest BCUT2D eigenvalue weighted by molar-refractivity contribution is 0.102. The molecule has 0 bridgehead atoms. The minimum Gasteiger partial charge on any atom is -0.398 e. The standard InChI is InChI=1S/C13H9BrClFN2O/c14-7-1-4-10(15)12(5-7)18-13(19)9-3-2-8(16)6-11(9)17/h1-6H,17H2,(H,18,19). The molecule has 3 nitrogen and oxygen atoms in total. The highest BCUT2D eigenvalue weighted by molar-refractivity contribution is 9.10. The molecule has 0 aliphatic carbocycles. The molecule has 0 spiro atoms. The van der Waals surface area contributed by atoms with Gasteiger partial charge in [0.1, 0.15) is 5.82 Å². The van der Waals surface area contributed by atoms with Gasteiger partial charge in [-0.05, 0) is 36.4 Å². The summed E-state index contributed by atoms with van der Waals surface area (Å²) in [6.45, 7) is 0. The maximum absolute atomic E-state index is 12.9. The third kappa shape index (κ3) is 3.24. The number of amides is 1. The van der Waals surface area contributed by atoms with Crippen molar-refractivity contribution in [2.75, 3.05) is 11.1 Å². The predicted molar refractivity (Wildman–Crippen MR) is 77.9 cm³/mol. The number of nitrogens with one attached hydrogen (secondary N) is 1. The van der Waals surface area contributed by atoms with E-state index in [2.05, 4.69) is 21.2 Å². The van der Waals surface area contributed by atoms with Crippen LogP contribution in [0, 0.1) is 5.82 Å². The normalized spacial score (nSPS) is 10.3. The van der Waals surface area contributed by atoms with E-state index in [1.54, 1.807) is 18.2 Å². The first kappa shape index (κ1) is 13.8. The summed E-state index contributed by atoms with van der Waals surface area (Å²) in [5, 5.41) is 3.02. The molecular formula is C13H9BrClFN2O. The molecule has 0 aliphatic rings. The Morgan fingerprint density at radius 1 is 1.26 bits per heavy atom. The number of nitrogen functional groups attached to an aromatic ring is 1. The number of hydrogen-bond acceptors (Lipinski definition) is 2. The molecule has 0 aromatic heterocycles. The van der Waals surface area contributed by atoms with Crippen LogP contribution in [-0.2, 0) is 0 Å². The number of anilines is 2. The van der Waals surface area contributed by atoms with E-state index >= 15 is 0 Å². The Kier molecular flexibility index (Phi) is 4.07. The molecule has 3 N–H and O–H groups in total. The zero-order valence-electron chi connectivity index (χ0n) is 9.58. The molecule has 1 amide bonds. The first-order valence-electron chi connectivity index (χ1n) is 5.29. The second kappa shape index (κ2) is 5.59. The molecule has 0 atom stereocenters. The SMILES string of the molecule is Nc1cc(F)ccc1C(=O)Nc1cc(Br)ccc1Cl. The first-order valence-corrected chi connectivity index (χ1v) is 6.46. The lowest BCUT2D eigenvalue weighted by Gasteiger charge is -2.09. The fourth-order valence-electron chi connectivity index (χ4n) is 1.52. The molecule has 0 saturated heterocycles. The van der Waals surface area contributed by atoms with Crippen molar-refractivity contribution in [2.24, 2.45) is 0 Å². The van der Waals surface area contributed by atoms with E-state index < -0.39 is 11.7 Å². The van der Waals surface area contributed by atoms with E-state index in [0.29, 0.717) is 10.7 Å². The molecule has 2 aromatic rings. The Bertz CT molecular complexity index is 649. The molecule has 2 rings (SSSR count). The van der Waals surface area contributed by atoms with Crippen LogP contribution in [0.3, 0.4) is 0 Å². The largest absolute Gasteiger partial charge is 0.398 e. The molecule has 0 unspecified atom stereocenters. The van der Waals surface area contributed by atoms with Crippen LogP contribution in [-0.4, -0.2) is 5.91 Å². The van der Waals surface area contributed by atoms with Crippen molar-refractivity contribution in [3.05, 3.63) is 57.3 Å². The van der Waals surface area contributed by atoms with Gasteiger partial charge in [0.05, 0.1) is 16.3 Å². The fourth-order valence-corrected chi connectivity index (χ4v) is 2.05. The van der Waals surface area contributed by atoms with Crippen LogP contribution in [0.15, 0.2) is 40.9 Å². The highest BCUT2D eigenvalue weighted by atomic mass is 79.9. The zero-order chi connectivity index (χ0) is 14.0. The van der Waals surface area contributed by atoms with Crippen LogP contribution < -0.4 is 11.1 Å². The zero-order valence-corrected chi connectivity index (χ0v) is 11.9. The van der Waals surface area contributed by atoms with Crippen LogP contribution in [0.5, 0.6) is 0 Å². The van der Waals surface area contributed by atoms with Gasteiger partial charge in [0.25, 0.3) is 5.91 Å². The molecule has 0 heterocycles. The molecular weight excluding hydrogens is 335 g/mol. The minimum absolute atomic E-state index is 0.0728. The third-order valence-corrected chi connectivity index (χ3v) is 3.26. The van der Waals surface area contributed by atoms with Gasteiger partial charge in [-0.2, -0.15) is 0 Å². The number of benzene rings is 2. The van der Waals surface area contributed by atoms with Crippen molar-refractivity contribution in [1.29, 1.82) is 0 Å². The van der Waals surface area contributed by atoms with Crippen molar-refractivity contribution in [3.63, 3.8) is 0 Å². The van der Waals surface area contributed by atoms with Crippen LogP contribution >= 0.6 is 27.5 Å². The van der Waals surface area contributed by atoms with Crippen molar-refractivity contribution in [2.45, 2.75) is 0 Å². The molecule has 0 saturated carbocycles. The quantitative estimate of drug-likeness (QED) is 0.807. The van der Waals surface area contributed by atoms with Gasteiger partial charge in [0, 0.05) is 10.2 Å². The maximum Gasteiger partial charge on any atom is 0.257 e. The van der Waals surface area contributed by atoms with E-state index in [1.165, 1.54) is 12.1 Å². The highest BCUT2D eigenvalue weighted by Gasteiger charge is 2.12. The van der Waals surface area contributed by atoms with E-state index in [0.717, 1.165) is 10.5 Å². The van der Waals surface area contributed by atoms with Gasteiger partial charge in [0.2, 0.25) is 0 Å². The van der Waals surface area contributed by atoms with Gasteiger partial charge in [-0.25, -0.2) is 4.39 Å². The smallest absolute Gasteiger partial charge is 0.257 e. The molecule has 19 heavy (non-hydrogen) atoms. The third-order valence-electron chi connectivity index (χ3n) is 2.43. The molecule has 2 aromatic carbocycles. The predicted octanol–water partition coefficient (Wildman–Crippen LogP) is 4.08. The number of carbonyl (C=O) groups is 1. The van der Waals surface area contributed by atoms with E-state index in [9.17, 15) is 9.18 Å². The van der Waals surface area contributed by atoms with E-state index in [1.807, 2.05) is 0 Å². The van der Waals surface area contributed by atoms with Gasteiger partial charge >= 0.3 is 0 Å². The summed E-state index contributed by atoms with van der Waals surface area (Å²) in [5.74, 6) is -0.938. The summed E-state index contributed by atoms with van der Waals surface area (Å²) < 4.78 is 13.7. The molecule has 98 valence electrons. The average Bonchev–Trinajstić information content (AvgIpc) is 2.33. The first-order chi connectivity index (χ1) is 8.97. The molecule has 0 radical (unpaired) electrons.